The zero-order valence-electron chi connectivity index (χ0n) is 8.42. The molecule has 0 aliphatic heterocycles. The van der Waals surface area contributed by atoms with Crippen molar-refractivity contribution >= 4 is 0 Å². The first kappa shape index (κ1) is 10.1. The fourth-order valence-corrected chi connectivity index (χ4v) is 0.987. The van der Waals surface area contributed by atoms with E-state index in [1.54, 1.807) is 0 Å². The molecule has 71 valence electrons. The molecule has 0 saturated carbocycles. The molecule has 13 heavy (non-hydrogen) atoms. The number of hydrogen-bond acceptors (Lipinski definition) is 2. The number of benzene rings is 1. The first-order chi connectivity index (χ1) is 6.01. The van der Waals surface area contributed by atoms with Crippen LogP contribution < -0.4 is 10.5 Å². The van der Waals surface area contributed by atoms with Crippen LogP contribution in [0.25, 0.3) is 0 Å². The second kappa shape index (κ2) is 3.79. The lowest BCUT2D eigenvalue weighted by Gasteiger charge is -2.21. The molecule has 1 radical (unpaired) electrons. The van der Waals surface area contributed by atoms with E-state index in [0.717, 1.165) is 11.3 Å². The molecule has 0 fully saturated rings. The van der Waals surface area contributed by atoms with E-state index in [0.29, 0.717) is 6.54 Å². The summed E-state index contributed by atoms with van der Waals surface area (Å²) in [5, 5.41) is 0. The molecule has 0 atom stereocenters. The van der Waals surface area contributed by atoms with Crippen LogP contribution >= 0.6 is 0 Å². The van der Waals surface area contributed by atoms with Gasteiger partial charge in [-0.1, -0.05) is 6.07 Å². The summed E-state index contributed by atoms with van der Waals surface area (Å²) in [4.78, 5) is 0. The van der Waals surface area contributed by atoms with Crippen molar-refractivity contribution in [3.8, 4) is 5.75 Å². The third-order valence-electron chi connectivity index (χ3n) is 1.49. The number of ether oxygens (including phenoxy) is 1. The van der Waals surface area contributed by atoms with Crippen molar-refractivity contribution in [2.24, 2.45) is 5.73 Å². The number of hydrogen-bond donors (Lipinski definition) is 1. The lowest BCUT2D eigenvalue weighted by molar-refractivity contribution is 0.131. The molecule has 0 aromatic heterocycles. The topological polar surface area (TPSA) is 35.2 Å². The van der Waals surface area contributed by atoms with Crippen molar-refractivity contribution in [3.05, 3.63) is 29.8 Å². The molecule has 2 heteroatoms. The number of nitrogens with two attached hydrogens (primary N) is 1. The van der Waals surface area contributed by atoms with E-state index in [-0.39, 0.29) is 5.60 Å². The molecule has 1 aromatic rings. The Bertz CT molecular complexity index is 258. The van der Waals surface area contributed by atoms with Crippen LogP contribution in [0.1, 0.15) is 26.3 Å². The molecule has 0 aliphatic rings. The highest BCUT2D eigenvalue weighted by atomic mass is 16.5. The van der Waals surface area contributed by atoms with Crippen molar-refractivity contribution in [1.29, 1.82) is 0 Å². The van der Waals surface area contributed by atoms with Crippen LogP contribution in [-0.2, 0) is 6.54 Å². The minimum Gasteiger partial charge on any atom is -0.488 e. The van der Waals surface area contributed by atoms with Gasteiger partial charge in [-0.25, -0.2) is 0 Å². The molecule has 1 aromatic carbocycles. The van der Waals surface area contributed by atoms with E-state index in [1.807, 2.05) is 39.0 Å². The molecule has 0 bridgehead atoms. The maximum Gasteiger partial charge on any atom is 0.120 e. The van der Waals surface area contributed by atoms with Gasteiger partial charge in [0.1, 0.15) is 11.4 Å². The highest BCUT2D eigenvalue weighted by Crippen LogP contribution is 2.17. The molecule has 0 spiro atoms. The Balaban J connectivity index is 2.70. The molecule has 2 N–H and O–H groups in total. The lowest BCUT2D eigenvalue weighted by atomic mass is 10.2. The molecular formula is C11H16NO. The average molecular weight is 178 g/mol. The predicted molar refractivity (Wildman–Crippen MR) is 53.6 cm³/mol. The Morgan fingerprint density at radius 1 is 1.38 bits per heavy atom. The summed E-state index contributed by atoms with van der Waals surface area (Å²) in [7, 11) is 0. The molecular weight excluding hydrogens is 162 g/mol. The maximum absolute atomic E-state index is 5.63. The van der Waals surface area contributed by atoms with Gasteiger partial charge >= 0.3 is 0 Å². The summed E-state index contributed by atoms with van der Waals surface area (Å²) in [6, 6.07) is 8.74. The van der Waals surface area contributed by atoms with Crippen LogP contribution in [-0.4, -0.2) is 5.60 Å². The van der Waals surface area contributed by atoms with Gasteiger partial charge in [0.25, 0.3) is 0 Å². The van der Waals surface area contributed by atoms with Gasteiger partial charge in [0.05, 0.1) is 0 Å². The minimum absolute atomic E-state index is 0.155. The molecule has 0 aliphatic carbocycles. The van der Waals surface area contributed by atoms with Gasteiger partial charge in [-0.2, -0.15) is 0 Å². The van der Waals surface area contributed by atoms with Crippen LogP contribution in [0.3, 0.4) is 0 Å². The highest BCUT2D eigenvalue weighted by molar-refractivity contribution is 5.26. The zero-order valence-corrected chi connectivity index (χ0v) is 8.42. The van der Waals surface area contributed by atoms with Gasteiger partial charge in [-0.05, 0) is 44.5 Å². The molecule has 0 saturated heterocycles. The molecule has 2 nitrogen and oxygen atoms in total. The Morgan fingerprint density at radius 3 is 2.46 bits per heavy atom. The SMILES string of the molecule is CC(C)(C)Oc1c[c]c(CN)cc1. The van der Waals surface area contributed by atoms with Crippen LogP contribution in [0.15, 0.2) is 18.2 Å². The van der Waals surface area contributed by atoms with Crippen LogP contribution in [0.4, 0.5) is 0 Å². The smallest absolute Gasteiger partial charge is 0.120 e. The van der Waals surface area contributed by atoms with E-state index in [2.05, 4.69) is 6.07 Å². The van der Waals surface area contributed by atoms with Crippen molar-refractivity contribution in [3.63, 3.8) is 0 Å². The van der Waals surface area contributed by atoms with Gasteiger partial charge in [-0.15, -0.1) is 0 Å². The summed E-state index contributed by atoms with van der Waals surface area (Å²) in [6.45, 7) is 6.58. The van der Waals surface area contributed by atoms with Crippen molar-refractivity contribution in [2.75, 3.05) is 0 Å². The third kappa shape index (κ3) is 3.47. The lowest BCUT2D eigenvalue weighted by Crippen LogP contribution is -2.22. The van der Waals surface area contributed by atoms with E-state index < -0.39 is 0 Å². The molecule has 0 unspecified atom stereocenters. The number of rotatable bonds is 2. The van der Waals surface area contributed by atoms with Gasteiger partial charge in [-0.3, -0.25) is 0 Å². The van der Waals surface area contributed by atoms with Crippen LogP contribution in [0.2, 0.25) is 0 Å². The molecule has 1 rings (SSSR count). The minimum atomic E-state index is -0.155. The third-order valence-corrected chi connectivity index (χ3v) is 1.49. The fraction of sp³-hybridized carbons (Fsp3) is 0.455. The second-order valence-corrected chi connectivity index (χ2v) is 3.97. The van der Waals surface area contributed by atoms with Crippen molar-refractivity contribution < 1.29 is 4.74 Å². The van der Waals surface area contributed by atoms with Crippen LogP contribution in [0, 0.1) is 6.07 Å². The monoisotopic (exact) mass is 178 g/mol. The summed E-state index contributed by atoms with van der Waals surface area (Å²) >= 11 is 0. The molecule has 0 amide bonds. The Kier molecular flexibility index (Phi) is 2.94. The predicted octanol–water partition coefficient (Wildman–Crippen LogP) is 2.12. The van der Waals surface area contributed by atoms with E-state index >= 15 is 0 Å². The van der Waals surface area contributed by atoms with Gasteiger partial charge < -0.3 is 10.5 Å². The normalized spacial score (nSPS) is 11.4. The van der Waals surface area contributed by atoms with Crippen LogP contribution in [0.5, 0.6) is 5.75 Å². The van der Waals surface area contributed by atoms with E-state index in [9.17, 15) is 0 Å². The second-order valence-electron chi connectivity index (χ2n) is 3.97. The highest BCUT2D eigenvalue weighted by Gasteiger charge is 2.10. The largest absolute Gasteiger partial charge is 0.488 e. The van der Waals surface area contributed by atoms with E-state index in [1.165, 1.54) is 0 Å². The first-order valence-electron chi connectivity index (χ1n) is 4.41. The summed E-state index contributed by atoms with van der Waals surface area (Å²) in [6.07, 6.45) is 0. The summed E-state index contributed by atoms with van der Waals surface area (Å²) < 4.78 is 5.63. The standard InChI is InChI=1S/C11H16NO/c1-11(2,3)13-10-6-4-9(8-12)5-7-10/h4,6-7H,8,12H2,1-3H3. The van der Waals surface area contributed by atoms with Crippen molar-refractivity contribution in [2.45, 2.75) is 32.9 Å². The van der Waals surface area contributed by atoms with Gasteiger partial charge in [0.15, 0.2) is 0 Å². The molecule has 0 heterocycles. The van der Waals surface area contributed by atoms with Gasteiger partial charge in [0.2, 0.25) is 0 Å². The Hall–Kier alpha value is -1.02. The maximum atomic E-state index is 5.63. The first-order valence-corrected chi connectivity index (χ1v) is 4.41. The van der Waals surface area contributed by atoms with Crippen molar-refractivity contribution in [1.82, 2.24) is 0 Å². The summed E-state index contributed by atoms with van der Waals surface area (Å²) in [5.74, 6) is 0.838. The average Bonchev–Trinajstić information content (AvgIpc) is 2.03. The zero-order chi connectivity index (χ0) is 9.90. The Morgan fingerprint density at radius 2 is 2.08 bits per heavy atom. The Labute approximate surface area is 79.7 Å². The quantitative estimate of drug-likeness (QED) is 0.753. The summed E-state index contributed by atoms with van der Waals surface area (Å²) in [5.41, 5.74) is 6.30. The van der Waals surface area contributed by atoms with E-state index in [4.69, 9.17) is 10.5 Å². The van der Waals surface area contributed by atoms with Gasteiger partial charge in [0, 0.05) is 6.54 Å². The fourth-order valence-electron chi connectivity index (χ4n) is 0.987.